The summed E-state index contributed by atoms with van der Waals surface area (Å²) in [5, 5.41) is 12.6. The Morgan fingerprint density at radius 3 is 2.85 bits per heavy atom. The smallest absolute Gasteiger partial charge is 0.225 e. The molecule has 2 heterocycles. The summed E-state index contributed by atoms with van der Waals surface area (Å²) in [6, 6.07) is 12.0. The molecule has 1 aromatic heterocycles. The first-order valence-corrected chi connectivity index (χ1v) is 10.1. The van der Waals surface area contributed by atoms with E-state index in [4.69, 9.17) is 4.74 Å². The van der Waals surface area contributed by atoms with E-state index in [0.717, 1.165) is 40.9 Å². The SMILES string of the molecule is COc1cccc(Sc2ccc(N3CCC[C@H](C(=O)NC(C)C)C3)nn2)c1. The summed E-state index contributed by atoms with van der Waals surface area (Å²) in [4.78, 5) is 15.5. The first-order chi connectivity index (χ1) is 13.0. The van der Waals surface area contributed by atoms with Crippen LogP contribution in [-0.4, -0.2) is 42.3 Å². The number of methoxy groups -OCH3 is 1. The van der Waals surface area contributed by atoms with Crippen molar-refractivity contribution in [3.63, 3.8) is 0 Å². The van der Waals surface area contributed by atoms with E-state index in [9.17, 15) is 4.79 Å². The fourth-order valence-corrected chi connectivity index (χ4v) is 3.90. The van der Waals surface area contributed by atoms with Gasteiger partial charge in [0.2, 0.25) is 5.91 Å². The molecule has 1 aromatic carbocycles. The number of piperidine rings is 1. The largest absolute Gasteiger partial charge is 0.497 e. The molecular weight excluding hydrogens is 360 g/mol. The van der Waals surface area contributed by atoms with Gasteiger partial charge in [-0.3, -0.25) is 4.79 Å². The average Bonchev–Trinajstić information content (AvgIpc) is 2.68. The molecule has 1 N–H and O–H groups in total. The minimum atomic E-state index is 0.00813. The number of ether oxygens (including phenoxy) is 1. The Hall–Kier alpha value is -2.28. The third-order valence-corrected chi connectivity index (χ3v) is 5.35. The number of hydrogen-bond donors (Lipinski definition) is 1. The predicted octanol–water partition coefficient (Wildman–Crippen LogP) is 3.38. The van der Waals surface area contributed by atoms with Gasteiger partial charge < -0.3 is 15.0 Å². The second-order valence-corrected chi connectivity index (χ2v) is 8.05. The Morgan fingerprint density at radius 1 is 1.30 bits per heavy atom. The first kappa shape index (κ1) is 19.5. The molecule has 0 radical (unpaired) electrons. The van der Waals surface area contributed by atoms with Gasteiger partial charge in [-0.05, 0) is 57.0 Å². The highest BCUT2D eigenvalue weighted by Crippen LogP contribution is 2.29. The summed E-state index contributed by atoms with van der Waals surface area (Å²) >= 11 is 1.55. The van der Waals surface area contributed by atoms with E-state index in [1.54, 1.807) is 18.9 Å². The summed E-state index contributed by atoms with van der Waals surface area (Å²) in [6.07, 6.45) is 1.91. The number of hydrogen-bond acceptors (Lipinski definition) is 6. The van der Waals surface area contributed by atoms with Crippen molar-refractivity contribution in [1.82, 2.24) is 15.5 Å². The quantitative estimate of drug-likeness (QED) is 0.821. The van der Waals surface area contributed by atoms with Crippen molar-refractivity contribution >= 4 is 23.5 Å². The van der Waals surface area contributed by atoms with Gasteiger partial charge in [-0.15, -0.1) is 10.2 Å². The van der Waals surface area contributed by atoms with Crippen LogP contribution in [0.15, 0.2) is 46.3 Å². The molecule has 1 atom stereocenters. The van der Waals surface area contributed by atoms with Crippen LogP contribution in [0.4, 0.5) is 5.82 Å². The number of carbonyl (C=O) groups excluding carboxylic acids is 1. The molecule has 6 nitrogen and oxygen atoms in total. The van der Waals surface area contributed by atoms with Crippen LogP contribution in [0.25, 0.3) is 0 Å². The summed E-state index contributed by atoms with van der Waals surface area (Å²) < 4.78 is 5.26. The topological polar surface area (TPSA) is 67.3 Å². The van der Waals surface area contributed by atoms with Gasteiger partial charge in [0, 0.05) is 24.0 Å². The van der Waals surface area contributed by atoms with Crippen molar-refractivity contribution in [3.05, 3.63) is 36.4 Å². The molecule has 144 valence electrons. The fraction of sp³-hybridized carbons (Fsp3) is 0.450. The lowest BCUT2D eigenvalue weighted by Crippen LogP contribution is -2.45. The lowest BCUT2D eigenvalue weighted by Gasteiger charge is -2.32. The number of nitrogens with zero attached hydrogens (tertiary/aromatic N) is 3. The zero-order chi connectivity index (χ0) is 19.2. The van der Waals surface area contributed by atoms with Gasteiger partial charge in [0.15, 0.2) is 5.82 Å². The van der Waals surface area contributed by atoms with E-state index in [0.29, 0.717) is 6.54 Å². The van der Waals surface area contributed by atoms with Crippen molar-refractivity contribution in [3.8, 4) is 5.75 Å². The Labute approximate surface area is 164 Å². The summed E-state index contributed by atoms with van der Waals surface area (Å²) in [6.45, 7) is 5.57. The van der Waals surface area contributed by atoms with Gasteiger partial charge in [0.25, 0.3) is 0 Å². The number of benzene rings is 1. The lowest BCUT2D eigenvalue weighted by atomic mass is 9.97. The molecule has 0 bridgehead atoms. The fourth-order valence-electron chi connectivity index (χ4n) is 3.12. The lowest BCUT2D eigenvalue weighted by molar-refractivity contribution is -0.125. The highest BCUT2D eigenvalue weighted by Gasteiger charge is 2.27. The number of anilines is 1. The number of aromatic nitrogens is 2. The predicted molar refractivity (Wildman–Crippen MR) is 107 cm³/mol. The van der Waals surface area contributed by atoms with Crippen molar-refractivity contribution < 1.29 is 9.53 Å². The van der Waals surface area contributed by atoms with E-state index in [1.165, 1.54) is 0 Å². The highest BCUT2D eigenvalue weighted by atomic mass is 32.2. The standard InChI is InChI=1S/C20H26N4O2S/c1-14(2)21-20(25)15-6-5-11-24(13-15)18-9-10-19(23-22-18)27-17-8-4-7-16(12-17)26-3/h4,7-10,12,14-15H,5-6,11,13H2,1-3H3,(H,21,25)/t15-/m0/s1. The molecule has 1 amide bonds. The zero-order valence-electron chi connectivity index (χ0n) is 16.0. The minimum absolute atomic E-state index is 0.00813. The summed E-state index contributed by atoms with van der Waals surface area (Å²) in [7, 11) is 1.66. The van der Waals surface area contributed by atoms with Crippen LogP contribution in [0.2, 0.25) is 0 Å². The molecule has 1 aliphatic rings. The molecule has 7 heteroatoms. The third-order valence-electron chi connectivity index (χ3n) is 4.44. The minimum Gasteiger partial charge on any atom is -0.497 e. The normalized spacial score (nSPS) is 17.0. The maximum Gasteiger partial charge on any atom is 0.225 e. The highest BCUT2D eigenvalue weighted by molar-refractivity contribution is 7.99. The van der Waals surface area contributed by atoms with Gasteiger partial charge in [-0.25, -0.2) is 0 Å². The Balaban J connectivity index is 1.63. The van der Waals surface area contributed by atoms with Gasteiger partial charge in [0.1, 0.15) is 10.8 Å². The van der Waals surface area contributed by atoms with E-state index >= 15 is 0 Å². The number of rotatable bonds is 6. The monoisotopic (exact) mass is 386 g/mol. The van der Waals surface area contributed by atoms with Crippen LogP contribution in [0.3, 0.4) is 0 Å². The zero-order valence-corrected chi connectivity index (χ0v) is 16.8. The molecule has 1 aliphatic heterocycles. The van der Waals surface area contributed by atoms with Crippen LogP contribution >= 0.6 is 11.8 Å². The third kappa shape index (κ3) is 5.35. The Morgan fingerprint density at radius 2 is 2.15 bits per heavy atom. The van der Waals surface area contributed by atoms with Gasteiger partial charge in [0.05, 0.1) is 13.0 Å². The van der Waals surface area contributed by atoms with Gasteiger partial charge in [-0.2, -0.15) is 0 Å². The molecule has 0 saturated carbocycles. The Kier molecular flexibility index (Phi) is 6.55. The molecule has 0 unspecified atom stereocenters. The van der Waals surface area contributed by atoms with Crippen molar-refractivity contribution in [1.29, 1.82) is 0 Å². The number of nitrogens with one attached hydrogen (secondary N) is 1. The van der Waals surface area contributed by atoms with Crippen LogP contribution in [-0.2, 0) is 4.79 Å². The van der Waals surface area contributed by atoms with Crippen molar-refractivity contribution in [2.24, 2.45) is 5.92 Å². The van der Waals surface area contributed by atoms with Crippen LogP contribution in [0.1, 0.15) is 26.7 Å². The van der Waals surface area contributed by atoms with E-state index in [-0.39, 0.29) is 17.9 Å². The molecular formula is C20H26N4O2S. The van der Waals surface area contributed by atoms with Crippen LogP contribution in [0.5, 0.6) is 5.75 Å². The maximum absolute atomic E-state index is 12.3. The van der Waals surface area contributed by atoms with E-state index in [2.05, 4.69) is 20.4 Å². The van der Waals surface area contributed by atoms with Crippen molar-refractivity contribution in [2.45, 2.75) is 42.7 Å². The molecule has 1 saturated heterocycles. The average molecular weight is 387 g/mol. The number of carbonyl (C=O) groups is 1. The van der Waals surface area contributed by atoms with Crippen LogP contribution in [0, 0.1) is 5.92 Å². The maximum atomic E-state index is 12.3. The second kappa shape index (κ2) is 9.08. The van der Waals surface area contributed by atoms with E-state index in [1.807, 2.05) is 50.2 Å². The molecule has 0 spiro atoms. The first-order valence-electron chi connectivity index (χ1n) is 9.26. The molecule has 3 rings (SSSR count). The van der Waals surface area contributed by atoms with E-state index < -0.39 is 0 Å². The second-order valence-electron chi connectivity index (χ2n) is 6.96. The Bertz CT molecular complexity index is 767. The molecule has 27 heavy (non-hydrogen) atoms. The number of amides is 1. The molecule has 0 aliphatic carbocycles. The van der Waals surface area contributed by atoms with Crippen molar-refractivity contribution in [2.75, 3.05) is 25.1 Å². The van der Waals surface area contributed by atoms with Crippen LogP contribution < -0.4 is 15.0 Å². The van der Waals surface area contributed by atoms with Gasteiger partial charge in [-0.1, -0.05) is 17.8 Å². The molecule has 2 aromatic rings. The summed E-state index contributed by atoms with van der Waals surface area (Å²) in [5.74, 6) is 1.79. The summed E-state index contributed by atoms with van der Waals surface area (Å²) in [5.41, 5.74) is 0. The molecule has 1 fully saturated rings. The van der Waals surface area contributed by atoms with Gasteiger partial charge >= 0.3 is 0 Å².